The first-order valence-corrected chi connectivity index (χ1v) is 8.66. The van der Waals surface area contributed by atoms with E-state index in [1.807, 2.05) is 0 Å². The number of carbonyl (C=O) groups excluding carboxylic acids is 1. The Morgan fingerprint density at radius 2 is 1.75 bits per heavy atom. The molecule has 0 aliphatic carbocycles. The second kappa shape index (κ2) is 8.90. The van der Waals surface area contributed by atoms with E-state index in [1.165, 1.54) is 41.1 Å². The lowest BCUT2D eigenvalue weighted by Crippen LogP contribution is -2.31. The molecule has 2 amide bonds. The van der Waals surface area contributed by atoms with Crippen molar-refractivity contribution in [2.75, 3.05) is 11.9 Å². The molecule has 2 N–H and O–H groups in total. The number of rotatable bonds is 6. The van der Waals surface area contributed by atoms with E-state index in [4.69, 9.17) is 0 Å². The number of anilines is 1. The second-order valence-electron chi connectivity index (χ2n) is 6.00. The van der Waals surface area contributed by atoms with Crippen molar-refractivity contribution < 1.29 is 13.6 Å². The molecule has 8 heteroatoms. The van der Waals surface area contributed by atoms with Crippen LogP contribution in [-0.2, 0) is 6.54 Å². The summed E-state index contributed by atoms with van der Waals surface area (Å²) in [5.41, 5.74) is 1.05. The number of hydrogen-bond donors (Lipinski definition) is 2. The summed E-state index contributed by atoms with van der Waals surface area (Å²) in [5.74, 6) is -0.872. The first kappa shape index (κ1) is 19.2. The maximum atomic E-state index is 13.5. The molecule has 3 aromatic rings. The molecule has 1 heterocycles. The Kier molecular flexibility index (Phi) is 6.11. The zero-order chi connectivity index (χ0) is 19.9. The van der Waals surface area contributed by atoms with Crippen molar-refractivity contribution in [3.63, 3.8) is 0 Å². The van der Waals surface area contributed by atoms with Crippen LogP contribution in [0.4, 0.5) is 19.3 Å². The minimum atomic E-state index is -0.537. The Bertz CT molecular complexity index is 1020. The van der Waals surface area contributed by atoms with Gasteiger partial charge in [-0.1, -0.05) is 12.1 Å². The highest BCUT2D eigenvalue weighted by Gasteiger charge is 2.06. The highest BCUT2D eigenvalue weighted by molar-refractivity contribution is 5.89. The number of nitrogens with zero attached hydrogens (tertiary/aromatic N) is 2. The molecule has 0 radical (unpaired) electrons. The van der Waals surface area contributed by atoms with Gasteiger partial charge in [-0.3, -0.25) is 4.79 Å². The van der Waals surface area contributed by atoms with Crippen LogP contribution in [0, 0.1) is 11.6 Å². The summed E-state index contributed by atoms with van der Waals surface area (Å²) in [6, 6.07) is 14.1. The van der Waals surface area contributed by atoms with E-state index in [1.54, 1.807) is 24.3 Å². The third kappa shape index (κ3) is 5.00. The number of urea groups is 1. The highest BCUT2D eigenvalue weighted by Crippen LogP contribution is 2.15. The fourth-order valence-electron chi connectivity index (χ4n) is 2.54. The maximum Gasteiger partial charge on any atom is 0.319 e. The third-order valence-electron chi connectivity index (χ3n) is 3.96. The van der Waals surface area contributed by atoms with Crippen LogP contribution in [0.2, 0.25) is 0 Å². The molecule has 0 fully saturated rings. The Morgan fingerprint density at radius 1 is 1.00 bits per heavy atom. The number of aryl methyl sites for hydroxylation is 1. The van der Waals surface area contributed by atoms with Crippen LogP contribution in [0.25, 0.3) is 11.3 Å². The van der Waals surface area contributed by atoms with Crippen LogP contribution in [0.3, 0.4) is 0 Å². The van der Waals surface area contributed by atoms with Gasteiger partial charge in [0.25, 0.3) is 5.56 Å². The highest BCUT2D eigenvalue weighted by atomic mass is 19.1. The summed E-state index contributed by atoms with van der Waals surface area (Å²) in [5, 5.41) is 9.29. The van der Waals surface area contributed by atoms with Crippen LogP contribution >= 0.6 is 0 Å². The smallest absolute Gasteiger partial charge is 0.319 e. The van der Waals surface area contributed by atoms with Crippen LogP contribution < -0.4 is 16.2 Å². The lowest BCUT2D eigenvalue weighted by atomic mass is 10.1. The van der Waals surface area contributed by atoms with Crippen LogP contribution in [-0.4, -0.2) is 22.4 Å². The van der Waals surface area contributed by atoms with Crippen molar-refractivity contribution in [3.8, 4) is 11.3 Å². The topological polar surface area (TPSA) is 76.0 Å². The number of hydrogen-bond acceptors (Lipinski definition) is 3. The van der Waals surface area contributed by atoms with Gasteiger partial charge in [0.1, 0.15) is 11.6 Å². The number of nitrogens with one attached hydrogen (secondary N) is 2. The van der Waals surface area contributed by atoms with Crippen molar-refractivity contribution in [1.82, 2.24) is 15.1 Å². The first-order valence-electron chi connectivity index (χ1n) is 8.66. The summed E-state index contributed by atoms with van der Waals surface area (Å²) in [4.78, 5) is 23.8. The van der Waals surface area contributed by atoms with Gasteiger partial charge in [-0.2, -0.15) is 5.10 Å². The number of aromatic nitrogens is 2. The number of benzene rings is 2. The van der Waals surface area contributed by atoms with Crippen LogP contribution in [0.1, 0.15) is 6.42 Å². The molecule has 0 unspecified atom stereocenters. The summed E-state index contributed by atoms with van der Waals surface area (Å²) in [6.45, 7) is 0.559. The van der Waals surface area contributed by atoms with Gasteiger partial charge in [0, 0.05) is 24.7 Å². The normalized spacial score (nSPS) is 10.5. The quantitative estimate of drug-likeness (QED) is 0.640. The first-order chi connectivity index (χ1) is 13.5. The van der Waals surface area contributed by atoms with Crippen LogP contribution in [0.15, 0.2) is 65.5 Å². The molecule has 3 rings (SSSR count). The Morgan fingerprint density at radius 3 is 2.50 bits per heavy atom. The number of amides is 2. The summed E-state index contributed by atoms with van der Waals surface area (Å²) < 4.78 is 27.8. The molecule has 0 atom stereocenters. The van der Waals surface area contributed by atoms with E-state index < -0.39 is 11.8 Å². The van der Waals surface area contributed by atoms with E-state index in [9.17, 15) is 18.4 Å². The van der Waals surface area contributed by atoms with E-state index in [0.29, 0.717) is 17.7 Å². The predicted molar refractivity (Wildman–Crippen MR) is 102 cm³/mol. The van der Waals surface area contributed by atoms with E-state index in [2.05, 4.69) is 15.7 Å². The van der Waals surface area contributed by atoms with Crippen molar-refractivity contribution in [3.05, 3.63) is 82.7 Å². The molecular weight excluding hydrogens is 366 g/mol. The monoisotopic (exact) mass is 384 g/mol. The van der Waals surface area contributed by atoms with Crippen LogP contribution in [0.5, 0.6) is 0 Å². The fraction of sp³-hybridized carbons (Fsp3) is 0.150. The molecule has 0 aliphatic rings. The van der Waals surface area contributed by atoms with Gasteiger partial charge in [0.15, 0.2) is 0 Å². The lowest BCUT2D eigenvalue weighted by Gasteiger charge is -2.09. The third-order valence-corrected chi connectivity index (χ3v) is 3.96. The average Bonchev–Trinajstić information content (AvgIpc) is 2.69. The molecule has 0 spiro atoms. The fourth-order valence-corrected chi connectivity index (χ4v) is 2.54. The largest absolute Gasteiger partial charge is 0.338 e. The van der Waals surface area contributed by atoms with Crippen molar-refractivity contribution in [2.45, 2.75) is 13.0 Å². The molecular formula is C20H18F2N4O2. The van der Waals surface area contributed by atoms with Crippen molar-refractivity contribution >= 4 is 11.7 Å². The Balaban J connectivity index is 1.54. The lowest BCUT2D eigenvalue weighted by molar-refractivity contribution is 0.251. The second-order valence-corrected chi connectivity index (χ2v) is 6.00. The van der Waals surface area contributed by atoms with Gasteiger partial charge in [0.05, 0.1) is 11.4 Å². The van der Waals surface area contributed by atoms with E-state index in [0.717, 1.165) is 0 Å². The molecule has 0 saturated carbocycles. The van der Waals surface area contributed by atoms with Gasteiger partial charge < -0.3 is 10.6 Å². The average molecular weight is 384 g/mol. The van der Waals surface area contributed by atoms with Gasteiger partial charge in [-0.25, -0.2) is 18.3 Å². The van der Waals surface area contributed by atoms with E-state index in [-0.39, 0.29) is 30.2 Å². The van der Waals surface area contributed by atoms with Gasteiger partial charge in [0.2, 0.25) is 0 Å². The Labute approximate surface area is 159 Å². The van der Waals surface area contributed by atoms with E-state index >= 15 is 0 Å². The van der Waals surface area contributed by atoms with Gasteiger partial charge in [-0.05, 0) is 48.9 Å². The zero-order valence-electron chi connectivity index (χ0n) is 14.9. The molecule has 28 heavy (non-hydrogen) atoms. The molecule has 0 aliphatic heterocycles. The number of halogens is 2. The Hall–Kier alpha value is -3.55. The standard InChI is InChI=1S/C20H18F2N4O2/c21-15-8-6-14(7-9-15)17-10-11-19(27)26(25-17)13-3-12-23-20(28)24-18-5-2-1-4-16(18)22/h1-2,4-11H,3,12-13H2,(H2,23,24,28). The summed E-state index contributed by atoms with van der Waals surface area (Å²) in [7, 11) is 0. The van der Waals surface area contributed by atoms with Crippen molar-refractivity contribution in [1.29, 1.82) is 0 Å². The molecule has 0 bridgehead atoms. The predicted octanol–water partition coefficient (Wildman–Crippen LogP) is 3.40. The number of carbonyl (C=O) groups is 1. The minimum Gasteiger partial charge on any atom is -0.338 e. The SMILES string of the molecule is O=C(NCCCn1nc(-c2ccc(F)cc2)ccc1=O)Nc1ccccc1F. The summed E-state index contributed by atoms with van der Waals surface area (Å²) in [6.07, 6.45) is 0.449. The maximum absolute atomic E-state index is 13.5. The molecule has 144 valence electrons. The van der Waals surface area contributed by atoms with Gasteiger partial charge in [-0.15, -0.1) is 0 Å². The van der Waals surface area contributed by atoms with Crippen molar-refractivity contribution in [2.24, 2.45) is 0 Å². The molecule has 2 aromatic carbocycles. The zero-order valence-corrected chi connectivity index (χ0v) is 14.9. The molecule has 1 aromatic heterocycles. The molecule has 6 nitrogen and oxygen atoms in total. The minimum absolute atomic E-state index is 0.0879. The number of para-hydroxylation sites is 1. The molecule has 0 saturated heterocycles. The summed E-state index contributed by atoms with van der Waals surface area (Å²) >= 11 is 0. The van der Waals surface area contributed by atoms with Gasteiger partial charge >= 0.3 is 6.03 Å².